The highest BCUT2D eigenvalue weighted by Crippen LogP contribution is 2.19. The van der Waals surface area contributed by atoms with Crippen LogP contribution in [0.4, 0.5) is 0 Å². The Morgan fingerprint density at radius 3 is 2.44 bits per heavy atom. The van der Waals surface area contributed by atoms with Gasteiger partial charge in [0.2, 0.25) is 0 Å². The summed E-state index contributed by atoms with van der Waals surface area (Å²) < 4.78 is 0. The molecule has 0 saturated carbocycles. The Balaban J connectivity index is 2.72. The lowest BCUT2D eigenvalue weighted by Crippen LogP contribution is -2.31. The summed E-state index contributed by atoms with van der Waals surface area (Å²) in [6, 6.07) is 11.1. The highest BCUT2D eigenvalue weighted by molar-refractivity contribution is 5.19. The Morgan fingerprint density at radius 1 is 1.25 bits per heavy atom. The van der Waals surface area contributed by atoms with Crippen LogP contribution in [0, 0.1) is 12.3 Å². The molecule has 1 rings (SSSR count). The molecule has 0 heterocycles. The number of terminal acetylenes is 1. The summed E-state index contributed by atoms with van der Waals surface area (Å²) in [6.07, 6.45) is 8.76. The molecule has 1 aromatic carbocycles. The third-order valence-electron chi connectivity index (χ3n) is 2.79. The number of hydrogen-bond acceptors (Lipinski definition) is 1. The predicted molar refractivity (Wildman–Crippen MR) is 70.1 cm³/mol. The maximum Gasteiger partial charge on any atom is 0.0689 e. The Kier molecular flexibility index (Phi) is 5.67. The molecule has 1 nitrogen and oxygen atoms in total. The molecule has 0 fully saturated rings. The molecule has 2 unspecified atom stereocenters. The van der Waals surface area contributed by atoms with Gasteiger partial charge in [-0.2, -0.15) is 0 Å². The van der Waals surface area contributed by atoms with Crippen LogP contribution in [0.3, 0.4) is 0 Å². The van der Waals surface area contributed by atoms with Crippen molar-refractivity contribution in [1.82, 2.24) is 5.32 Å². The van der Waals surface area contributed by atoms with E-state index in [1.807, 2.05) is 6.07 Å². The lowest BCUT2D eigenvalue weighted by molar-refractivity contribution is 0.454. The zero-order valence-electron chi connectivity index (χ0n) is 10.2. The molecule has 0 saturated heterocycles. The van der Waals surface area contributed by atoms with Crippen LogP contribution < -0.4 is 5.32 Å². The van der Waals surface area contributed by atoms with E-state index in [4.69, 9.17) is 6.42 Å². The lowest BCUT2D eigenvalue weighted by Gasteiger charge is -2.22. The molecule has 0 aliphatic heterocycles. The first kappa shape index (κ1) is 12.8. The number of hydrogen-bond donors (Lipinski definition) is 1. The first-order valence-electron chi connectivity index (χ1n) is 6.08. The monoisotopic (exact) mass is 215 g/mol. The van der Waals surface area contributed by atoms with Crippen molar-refractivity contribution in [2.45, 2.75) is 45.2 Å². The van der Waals surface area contributed by atoms with Crippen LogP contribution in [0.5, 0.6) is 0 Å². The smallest absolute Gasteiger partial charge is 0.0689 e. The van der Waals surface area contributed by atoms with E-state index in [9.17, 15) is 0 Å². The lowest BCUT2D eigenvalue weighted by atomic mass is 10.0. The van der Waals surface area contributed by atoms with Crippen molar-refractivity contribution in [2.75, 3.05) is 0 Å². The molecule has 0 spiro atoms. The van der Waals surface area contributed by atoms with Gasteiger partial charge in [0.1, 0.15) is 0 Å². The van der Waals surface area contributed by atoms with Crippen LogP contribution in [-0.4, -0.2) is 6.04 Å². The predicted octanol–water partition coefficient (Wildman–Crippen LogP) is 3.53. The average molecular weight is 215 g/mol. The normalized spacial score (nSPS) is 14.1. The number of nitrogens with one attached hydrogen (secondary N) is 1. The quantitative estimate of drug-likeness (QED) is 0.716. The molecule has 0 radical (unpaired) electrons. The third kappa shape index (κ3) is 3.72. The van der Waals surface area contributed by atoms with Gasteiger partial charge in [-0.3, -0.25) is 5.32 Å². The summed E-state index contributed by atoms with van der Waals surface area (Å²) in [4.78, 5) is 0. The van der Waals surface area contributed by atoms with Crippen molar-refractivity contribution in [1.29, 1.82) is 0 Å². The molecule has 0 aliphatic rings. The molecule has 1 aromatic rings. The van der Waals surface area contributed by atoms with Gasteiger partial charge in [-0.05, 0) is 18.4 Å². The maximum absolute atomic E-state index is 5.49. The van der Waals surface area contributed by atoms with Crippen LogP contribution in [-0.2, 0) is 0 Å². The van der Waals surface area contributed by atoms with E-state index in [-0.39, 0.29) is 6.04 Å². The van der Waals surface area contributed by atoms with Gasteiger partial charge < -0.3 is 0 Å². The minimum Gasteiger partial charge on any atom is -0.297 e. The van der Waals surface area contributed by atoms with E-state index in [1.54, 1.807) is 0 Å². The van der Waals surface area contributed by atoms with Crippen LogP contribution in [0.2, 0.25) is 0 Å². The fraction of sp³-hybridized carbons (Fsp3) is 0.467. The minimum atomic E-state index is 0.178. The molecule has 2 atom stereocenters. The van der Waals surface area contributed by atoms with Crippen molar-refractivity contribution in [2.24, 2.45) is 0 Å². The summed E-state index contributed by atoms with van der Waals surface area (Å²) in [5, 5.41) is 3.53. The average Bonchev–Trinajstić information content (AvgIpc) is 2.35. The Bertz CT molecular complexity index is 323. The third-order valence-corrected chi connectivity index (χ3v) is 2.79. The molecular formula is C15H21N. The van der Waals surface area contributed by atoms with Crippen LogP contribution in [0.1, 0.15) is 44.7 Å². The number of benzene rings is 1. The van der Waals surface area contributed by atoms with E-state index in [1.165, 1.54) is 5.56 Å². The second kappa shape index (κ2) is 7.09. The standard InChI is InChI=1S/C15H21N/c1-4-10-15(16-14(5-2)6-3)13-11-8-7-9-12-13/h2,7-9,11-12,14-16H,4,6,10H2,1,3H3. The minimum absolute atomic E-state index is 0.178. The fourth-order valence-corrected chi connectivity index (χ4v) is 1.85. The van der Waals surface area contributed by atoms with E-state index in [0.717, 1.165) is 19.3 Å². The van der Waals surface area contributed by atoms with Crippen LogP contribution in [0.15, 0.2) is 30.3 Å². The highest BCUT2D eigenvalue weighted by atomic mass is 14.9. The van der Waals surface area contributed by atoms with Crippen molar-refractivity contribution in [3.05, 3.63) is 35.9 Å². The summed E-state index contributed by atoms with van der Waals surface area (Å²) in [7, 11) is 0. The molecule has 86 valence electrons. The highest BCUT2D eigenvalue weighted by Gasteiger charge is 2.13. The van der Waals surface area contributed by atoms with Gasteiger partial charge in [0.05, 0.1) is 6.04 Å². The van der Waals surface area contributed by atoms with Crippen LogP contribution >= 0.6 is 0 Å². The zero-order valence-corrected chi connectivity index (χ0v) is 10.2. The molecule has 16 heavy (non-hydrogen) atoms. The molecule has 0 amide bonds. The summed E-state index contributed by atoms with van der Waals surface area (Å²) in [6.45, 7) is 4.32. The maximum atomic E-state index is 5.49. The molecular weight excluding hydrogens is 194 g/mol. The van der Waals surface area contributed by atoms with E-state index < -0.39 is 0 Å². The van der Waals surface area contributed by atoms with Crippen molar-refractivity contribution in [3.8, 4) is 12.3 Å². The van der Waals surface area contributed by atoms with Gasteiger partial charge in [0.15, 0.2) is 0 Å². The van der Waals surface area contributed by atoms with Gasteiger partial charge in [-0.15, -0.1) is 6.42 Å². The second-order valence-electron chi connectivity index (χ2n) is 4.05. The van der Waals surface area contributed by atoms with Crippen LogP contribution in [0.25, 0.3) is 0 Å². The summed E-state index contributed by atoms with van der Waals surface area (Å²) in [5.41, 5.74) is 1.33. The van der Waals surface area contributed by atoms with Gasteiger partial charge in [-0.25, -0.2) is 0 Å². The SMILES string of the molecule is C#CC(CC)NC(CCC)c1ccccc1. The zero-order chi connectivity index (χ0) is 11.8. The second-order valence-corrected chi connectivity index (χ2v) is 4.05. The van der Waals surface area contributed by atoms with Gasteiger partial charge in [0, 0.05) is 6.04 Å². The van der Waals surface area contributed by atoms with Crippen molar-refractivity contribution < 1.29 is 0 Å². The summed E-state index contributed by atoms with van der Waals surface area (Å²) >= 11 is 0. The number of rotatable bonds is 6. The molecule has 1 N–H and O–H groups in total. The van der Waals surface area contributed by atoms with E-state index in [2.05, 4.69) is 49.4 Å². The largest absolute Gasteiger partial charge is 0.297 e. The fourth-order valence-electron chi connectivity index (χ4n) is 1.85. The first-order valence-corrected chi connectivity index (χ1v) is 6.08. The van der Waals surface area contributed by atoms with Gasteiger partial charge in [-0.1, -0.05) is 56.5 Å². The van der Waals surface area contributed by atoms with Crippen molar-refractivity contribution in [3.63, 3.8) is 0 Å². The van der Waals surface area contributed by atoms with Crippen molar-refractivity contribution >= 4 is 0 Å². The topological polar surface area (TPSA) is 12.0 Å². The van der Waals surface area contributed by atoms with Gasteiger partial charge >= 0.3 is 0 Å². The summed E-state index contributed by atoms with van der Waals surface area (Å²) in [5.74, 6) is 2.80. The Labute approximate surface area is 99.3 Å². The molecule has 0 aromatic heterocycles. The first-order chi connectivity index (χ1) is 7.81. The Morgan fingerprint density at radius 2 is 1.94 bits per heavy atom. The van der Waals surface area contributed by atoms with E-state index >= 15 is 0 Å². The van der Waals surface area contributed by atoms with Gasteiger partial charge in [0.25, 0.3) is 0 Å². The molecule has 0 aliphatic carbocycles. The molecule has 0 bridgehead atoms. The molecule has 1 heteroatoms. The van der Waals surface area contributed by atoms with E-state index in [0.29, 0.717) is 6.04 Å². The Hall–Kier alpha value is -1.26.